The SMILES string of the molecule is C=C(C)c1cccc(CN(C)Cc2ccc(C(C)(C)C)cc2)c1. The van der Waals surface area contributed by atoms with Crippen LogP contribution < -0.4 is 0 Å². The van der Waals surface area contributed by atoms with Crippen molar-refractivity contribution in [2.24, 2.45) is 0 Å². The lowest BCUT2D eigenvalue weighted by Crippen LogP contribution is -2.17. The Hall–Kier alpha value is -1.86. The maximum absolute atomic E-state index is 4.03. The summed E-state index contributed by atoms with van der Waals surface area (Å²) in [4.78, 5) is 2.35. The van der Waals surface area contributed by atoms with E-state index < -0.39 is 0 Å². The zero-order valence-electron chi connectivity index (χ0n) is 15.2. The summed E-state index contributed by atoms with van der Waals surface area (Å²) in [6.07, 6.45) is 0. The van der Waals surface area contributed by atoms with Crippen molar-refractivity contribution in [3.63, 3.8) is 0 Å². The van der Waals surface area contributed by atoms with Gasteiger partial charge in [0, 0.05) is 13.1 Å². The highest BCUT2D eigenvalue weighted by Crippen LogP contribution is 2.22. The normalized spacial score (nSPS) is 11.7. The summed E-state index contributed by atoms with van der Waals surface area (Å²) in [5.41, 5.74) is 6.64. The molecule has 0 heterocycles. The highest BCUT2D eigenvalue weighted by Gasteiger charge is 2.13. The number of hydrogen-bond acceptors (Lipinski definition) is 1. The fraction of sp³-hybridized carbons (Fsp3) is 0.364. The van der Waals surface area contributed by atoms with E-state index in [1.165, 1.54) is 22.3 Å². The van der Waals surface area contributed by atoms with Gasteiger partial charge in [-0.3, -0.25) is 4.90 Å². The van der Waals surface area contributed by atoms with Gasteiger partial charge in [-0.25, -0.2) is 0 Å². The molecular weight excluding hydrogens is 278 g/mol. The molecule has 0 saturated heterocycles. The summed E-state index contributed by atoms with van der Waals surface area (Å²) >= 11 is 0. The third-order valence-electron chi connectivity index (χ3n) is 4.14. The first-order valence-electron chi connectivity index (χ1n) is 8.28. The lowest BCUT2D eigenvalue weighted by molar-refractivity contribution is 0.319. The fourth-order valence-corrected chi connectivity index (χ4v) is 2.72. The minimum absolute atomic E-state index is 0.216. The molecule has 0 atom stereocenters. The molecule has 0 aliphatic carbocycles. The van der Waals surface area contributed by atoms with E-state index in [0.29, 0.717) is 0 Å². The van der Waals surface area contributed by atoms with Crippen molar-refractivity contribution in [3.05, 3.63) is 77.4 Å². The van der Waals surface area contributed by atoms with Crippen LogP contribution in [0.3, 0.4) is 0 Å². The van der Waals surface area contributed by atoms with Crippen LogP contribution in [0, 0.1) is 0 Å². The molecule has 0 bridgehead atoms. The summed E-state index contributed by atoms with van der Waals surface area (Å²) < 4.78 is 0. The van der Waals surface area contributed by atoms with E-state index in [0.717, 1.165) is 18.7 Å². The second-order valence-electron chi connectivity index (χ2n) is 7.60. The van der Waals surface area contributed by atoms with Gasteiger partial charge in [0.1, 0.15) is 0 Å². The zero-order valence-corrected chi connectivity index (χ0v) is 15.2. The Bertz CT molecular complexity index is 659. The lowest BCUT2D eigenvalue weighted by atomic mass is 9.87. The Labute approximate surface area is 141 Å². The number of benzene rings is 2. The molecule has 0 amide bonds. The van der Waals surface area contributed by atoms with Gasteiger partial charge in [0.2, 0.25) is 0 Å². The summed E-state index contributed by atoms with van der Waals surface area (Å²) in [6.45, 7) is 14.7. The Kier molecular flexibility index (Phi) is 5.43. The molecule has 23 heavy (non-hydrogen) atoms. The predicted octanol–water partition coefficient (Wildman–Crippen LogP) is 5.65. The molecule has 0 spiro atoms. The van der Waals surface area contributed by atoms with Gasteiger partial charge in [-0.2, -0.15) is 0 Å². The van der Waals surface area contributed by atoms with Gasteiger partial charge in [0.25, 0.3) is 0 Å². The second-order valence-corrected chi connectivity index (χ2v) is 7.60. The van der Waals surface area contributed by atoms with E-state index >= 15 is 0 Å². The van der Waals surface area contributed by atoms with Gasteiger partial charge < -0.3 is 0 Å². The number of rotatable bonds is 5. The smallest absolute Gasteiger partial charge is 0.0234 e. The van der Waals surface area contributed by atoms with Crippen LogP contribution in [0.4, 0.5) is 0 Å². The monoisotopic (exact) mass is 307 g/mol. The van der Waals surface area contributed by atoms with E-state index in [-0.39, 0.29) is 5.41 Å². The van der Waals surface area contributed by atoms with Gasteiger partial charge in [-0.1, -0.05) is 81.5 Å². The van der Waals surface area contributed by atoms with Crippen LogP contribution in [0.25, 0.3) is 5.57 Å². The minimum atomic E-state index is 0.216. The molecule has 1 nitrogen and oxygen atoms in total. The quantitative estimate of drug-likeness (QED) is 0.690. The molecule has 122 valence electrons. The molecule has 0 aliphatic rings. The Balaban J connectivity index is 2.01. The minimum Gasteiger partial charge on any atom is -0.298 e. The molecular formula is C22H29N. The Morgan fingerprint density at radius 3 is 2.13 bits per heavy atom. The first kappa shape index (κ1) is 17.5. The number of allylic oxidation sites excluding steroid dienone is 1. The van der Waals surface area contributed by atoms with Crippen molar-refractivity contribution in [1.82, 2.24) is 4.90 Å². The average molecular weight is 307 g/mol. The molecule has 0 N–H and O–H groups in total. The van der Waals surface area contributed by atoms with Crippen molar-refractivity contribution < 1.29 is 0 Å². The molecule has 0 saturated carbocycles. The predicted molar refractivity (Wildman–Crippen MR) is 101 cm³/mol. The van der Waals surface area contributed by atoms with Crippen molar-refractivity contribution in [2.45, 2.75) is 46.2 Å². The topological polar surface area (TPSA) is 3.24 Å². The van der Waals surface area contributed by atoms with Gasteiger partial charge in [-0.05, 0) is 41.6 Å². The summed E-state index contributed by atoms with van der Waals surface area (Å²) in [5.74, 6) is 0. The third kappa shape index (κ3) is 5.07. The van der Waals surface area contributed by atoms with Crippen molar-refractivity contribution in [1.29, 1.82) is 0 Å². The molecule has 0 aromatic heterocycles. The average Bonchev–Trinajstić information content (AvgIpc) is 2.47. The lowest BCUT2D eigenvalue weighted by Gasteiger charge is -2.21. The third-order valence-corrected chi connectivity index (χ3v) is 4.14. The van der Waals surface area contributed by atoms with Gasteiger partial charge >= 0.3 is 0 Å². The van der Waals surface area contributed by atoms with Crippen LogP contribution >= 0.6 is 0 Å². The summed E-state index contributed by atoms with van der Waals surface area (Å²) in [5, 5.41) is 0. The van der Waals surface area contributed by atoms with Crippen LogP contribution in [0.5, 0.6) is 0 Å². The molecule has 2 aromatic rings. The first-order chi connectivity index (χ1) is 10.8. The van der Waals surface area contributed by atoms with Crippen LogP contribution in [0.2, 0.25) is 0 Å². The highest BCUT2D eigenvalue weighted by molar-refractivity contribution is 5.61. The molecule has 2 aromatic carbocycles. The van der Waals surface area contributed by atoms with Gasteiger partial charge in [0.15, 0.2) is 0 Å². The van der Waals surface area contributed by atoms with Crippen LogP contribution in [-0.2, 0) is 18.5 Å². The Morgan fingerprint density at radius 2 is 1.57 bits per heavy atom. The molecule has 0 fully saturated rings. The molecule has 2 rings (SSSR count). The standard InChI is InChI=1S/C22H29N/c1-17(2)20-9-7-8-19(14-20)16-23(6)15-18-10-12-21(13-11-18)22(3,4)5/h7-14H,1,15-16H2,2-6H3. The van der Waals surface area contributed by atoms with E-state index in [1.54, 1.807) is 0 Å². The Morgan fingerprint density at radius 1 is 0.957 bits per heavy atom. The molecule has 0 unspecified atom stereocenters. The largest absolute Gasteiger partial charge is 0.298 e. The maximum Gasteiger partial charge on any atom is 0.0234 e. The molecule has 0 radical (unpaired) electrons. The fourth-order valence-electron chi connectivity index (χ4n) is 2.72. The van der Waals surface area contributed by atoms with Crippen LogP contribution in [0.15, 0.2) is 55.1 Å². The van der Waals surface area contributed by atoms with E-state index in [2.05, 4.69) is 94.8 Å². The first-order valence-corrected chi connectivity index (χ1v) is 8.28. The van der Waals surface area contributed by atoms with E-state index in [1.807, 2.05) is 0 Å². The maximum atomic E-state index is 4.03. The highest BCUT2D eigenvalue weighted by atomic mass is 15.1. The van der Waals surface area contributed by atoms with Crippen molar-refractivity contribution >= 4 is 5.57 Å². The van der Waals surface area contributed by atoms with Crippen molar-refractivity contribution in [3.8, 4) is 0 Å². The van der Waals surface area contributed by atoms with E-state index in [4.69, 9.17) is 0 Å². The molecule has 0 aliphatic heterocycles. The zero-order chi connectivity index (χ0) is 17.0. The van der Waals surface area contributed by atoms with Crippen LogP contribution in [0.1, 0.15) is 49.9 Å². The number of hydrogen-bond donors (Lipinski definition) is 0. The van der Waals surface area contributed by atoms with Crippen molar-refractivity contribution in [2.75, 3.05) is 7.05 Å². The van der Waals surface area contributed by atoms with Gasteiger partial charge in [-0.15, -0.1) is 0 Å². The second kappa shape index (κ2) is 7.14. The van der Waals surface area contributed by atoms with E-state index in [9.17, 15) is 0 Å². The van der Waals surface area contributed by atoms with Crippen LogP contribution in [-0.4, -0.2) is 11.9 Å². The van der Waals surface area contributed by atoms with Gasteiger partial charge in [0.05, 0.1) is 0 Å². The number of nitrogens with zero attached hydrogens (tertiary/aromatic N) is 1. The molecule has 1 heteroatoms. The summed E-state index contributed by atoms with van der Waals surface area (Å²) in [7, 11) is 2.17. The summed E-state index contributed by atoms with van der Waals surface area (Å²) in [6, 6.07) is 17.7.